The number of rotatable bonds is 4. The number of amides is 1. The molecule has 0 atom stereocenters. The molecule has 0 fully saturated rings. The molecular formula is C12H18N2O2. The van der Waals surface area contributed by atoms with Crippen molar-refractivity contribution in [2.45, 2.75) is 20.8 Å². The van der Waals surface area contributed by atoms with Gasteiger partial charge in [0.1, 0.15) is 5.75 Å². The van der Waals surface area contributed by atoms with Gasteiger partial charge in [0.05, 0.1) is 0 Å². The van der Waals surface area contributed by atoms with Crippen LogP contribution in [0.15, 0.2) is 12.1 Å². The normalized spacial score (nSPS) is 10.0. The minimum atomic E-state index is -0.194. The Morgan fingerprint density at radius 2 is 1.81 bits per heavy atom. The summed E-state index contributed by atoms with van der Waals surface area (Å²) in [5.74, 6) is 0.564. The molecule has 0 saturated heterocycles. The molecular weight excluding hydrogens is 204 g/mol. The molecule has 16 heavy (non-hydrogen) atoms. The van der Waals surface area contributed by atoms with Gasteiger partial charge in [0, 0.05) is 7.05 Å². The fourth-order valence-corrected chi connectivity index (χ4v) is 1.41. The maximum atomic E-state index is 11.2. The van der Waals surface area contributed by atoms with E-state index in [-0.39, 0.29) is 12.5 Å². The Morgan fingerprint density at radius 3 is 2.44 bits per heavy atom. The Morgan fingerprint density at radius 1 is 1.19 bits per heavy atom. The maximum absolute atomic E-state index is 11.2. The standard InChI is InChI=1S/C12H18N2O2/c1-8-5-10(3)11(6-9(8)2)16-7-12(15)14-13-4/h5-6,13H,7H2,1-4H3,(H,14,15). The average molecular weight is 222 g/mol. The summed E-state index contributed by atoms with van der Waals surface area (Å²) in [6, 6.07) is 4.01. The first-order valence-electron chi connectivity index (χ1n) is 5.21. The molecule has 0 aliphatic rings. The summed E-state index contributed by atoms with van der Waals surface area (Å²) >= 11 is 0. The molecule has 2 N–H and O–H groups in total. The summed E-state index contributed by atoms with van der Waals surface area (Å²) in [6.07, 6.45) is 0. The molecule has 0 bridgehead atoms. The highest BCUT2D eigenvalue weighted by atomic mass is 16.5. The topological polar surface area (TPSA) is 50.4 Å². The molecule has 0 aliphatic heterocycles. The molecule has 0 unspecified atom stereocenters. The number of carbonyl (C=O) groups is 1. The van der Waals surface area contributed by atoms with Gasteiger partial charge in [-0.3, -0.25) is 10.2 Å². The van der Waals surface area contributed by atoms with Crippen LogP contribution in [-0.2, 0) is 4.79 Å². The Labute approximate surface area is 96.0 Å². The number of ether oxygens (including phenoxy) is 1. The van der Waals surface area contributed by atoms with Gasteiger partial charge in [-0.2, -0.15) is 0 Å². The molecule has 0 aliphatic carbocycles. The van der Waals surface area contributed by atoms with Gasteiger partial charge in [-0.05, 0) is 43.5 Å². The average Bonchev–Trinajstić information content (AvgIpc) is 2.22. The van der Waals surface area contributed by atoms with E-state index in [4.69, 9.17) is 4.74 Å². The number of aryl methyl sites for hydroxylation is 3. The van der Waals surface area contributed by atoms with E-state index < -0.39 is 0 Å². The molecule has 0 heterocycles. The van der Waals surface area contributed by atoms with Gasteiger partial charge in [-0.1, -0.05) is 6.07 Å². The van der Waals surface area contributed by atoms with Crippen LogP contribution in [0.1, 0.15) is 16.7 Å². The summed E-state index contributed by atoms with van der Waals surface area (Å²) < 4.78 is 5.43. The molecule has 0 saturated carbocycles. The first kappa shape index (κ1) is 12.5. The monoisotopic (exact) mass is 222 g/mol. The van der Waals surface area contributed by atoms with E-state index in [0.717, 1.165) is 16.9 Å². The zero-order valence-electron chi connectivity index (χ0n) is 10.2. The fraction of sp³-hybridized carbons (Fsp3) is 0.417. The van der Waals surface area contributed by atoms with Crippen molar-refractivity contribution in [1.82, 2.24) is 10.9 Å². The van der Waals surface area contributed by atoms with Crippen LogP contribution in [0, 0.1) is 20.8 Å². The zero-order valence-corrected chi connectivity index (χ0v) is 10.2. The number of benzene rings is 1. The molecule has 0 aromatic heterocycles. The number of carbonyl (C=O) groups excluding carboxylic acids is 1. The largest absolute Gasteiger partial charge is 0.483 e. The number of nitrogens with one attached hydrogen (secondary N) is 2. The van der Waals surface area contributed by atoms with E-state index in [0.29, 0.717) is 0 Å². The third-order valence-corrected chi connectivity index (χ3v) is 2.41. The van der Waals surface area contributed by atoms with E-state index in [9.17, 15) is 4.79 Å². The maximum Gasteiger partial charge on any atom is 0.271 e. The second-order valence-electron chi connectivity index (χ2n) is 3.79. The van der Waals surface area contributed by atoms with Crippen LogP contribution >= 0.6 is 0 Å². The first-order valence-corrected chi connectivity index (χ1v) is 5.21. The Balaban J connectivity index is 2.67. The van der Waals surface area contributed by atoms with Crippen molar-refractivity contribution < 1.29 is 9.53 Å². The van der Waals surface area contributed by atoms with Crippen LogP contribution in [-0.4, -0.2) is 19.6 Å². The first-order chi connectivity index (χ1) is 7.54. The lowest BCUT2D eigenvalue weighted by Crippen LogP contribution is -2.37. The second-order valence-corrected chi connectivity index (χ2v) is 3.79. The summed E-state index contributed by atoms with van der Waals surface area (Å²) in [7, 11) is 1.64. The number of hydrogen-bond donors (Lipinski definition) is 2. The highest BCUT2D eigenvalue weighted by Crippen LogP contribution is 2.22. The predicted octanol–water partition coefficient (Wildman–Crippen LogP) is 1.24. The third-order valence-electron chi connectivity index (χ3n) is 2.41. The number of hydrazine groups is 1. The van der Waals surface area contributed by atoms with Crippen molar-refractivity contribution in [3.8, 4) is 5.75 Å². The molecule has 1 aromatic rings. The zero-order chi connectivity index (χ0) is 12.1. The molecule has 1 amide bonds. The van der Waals surface area contributed by atoms with Crippen LogP contribution in [0.25, 0.3) is 0 Å². The van der Waals surface area contributed by atoms with Gasteiger partial charge in [0.25, 0.3) is 5.91 Å². The van der Waals surface area contributed by atoms with Crippen LogP contribution < -0.4 is 15.6 Å². The SMILES string of the molecule is CNNC(=O)COc1cc(C)c(C)cc1C. The second kappa shape index (κ2) is 5.51. The Bertz CT molecular complexity index is 389. The van der Waals surface area contributed by atoms with E-state index in [1.807, 2.05) is 19.9 Å². The van der Waals surface area contributed by atoms with Gasteiger partial charge < -0.3 is 4.74 Å². The van der Waals surface area contributed by atoms with E-state index >= 15 is 0 Å². The fourth-order valence-electron chi connectivity index (χ4n) is 1.41. The van der Waals surface area contributed by atoms with Crippen LogP contribution in [0.4, 0.5) is 0 Å². The smallest absolute Gasteiger partial charge is 0.271 e. The quantitative estimate of drug-likeness (QED) is 0.754. The van der Waals surface area contributed by atoms with Crippen LogP contribution in [0.2, 0.25) is 0 Å². The molecule has 4 heteroatoms. The summed E-state index contributed by atoms with van der Waals surface area (Å²) in [5.41, 5.74) is 8.44. The molecule has 0 spiro atoms. The van der Waals surface area contributed by atoms with Crippen molar-refractivity contribution in [3.05, 3.63) is 28.8 Å². The minimum absolute atomic E-state index is 0.0180. The van der Waals surface area contributed by atoms with Gasteiger partial charge >= 0.3 is 0 Å². The molecule has 1 aromatic carbocycles. The predicted molar refractivity (Wildman–Crippen MR) is 63.4 cm³/mol. The molecule has 1 rings (SSSR count). The minimum Gasteiger partial charge on any atom is -0.483 e. The van der Waals surface area contributed by atoms with Crippen molar-refractivity contribution in [2.75, 3.05) is 13.7 Å². The Kier molecular flexibility index (Phi) is 4.31. The van der Waals surface area contributed by atoms with Crippen molar-refractivity contribution in [2.24, 2.45) is 0 Å². The highest BCUT2D eigenvalue weighted by molar-refractivity contribution is 5.77. The molecule has 0 radical (unpaired) electrons. The van der Waals surface area contributed by atoms with Gasteiger partial charge in [-0.15, -0.1) is 0 Å². The lowest BCUT2D eigenvalue weighted by atomic mass is 10.1. The number of hydrogen-bond acceptors (Lipinski definition) is 3. The van der Waals surface area contributed by atoms with E-state index in [1.165, 1.54) is 5.56 Å². The van der Waals surface area contributed by atoms with E-state index in [1.54, 1.807) is 7.05 Å². The molecule has 88 valence electrons. The summed E-state index contributed by atoms with van der Waals surface area (Å²) in [4.78, 5) is 11.2. The van der Waals surface area contributed by atoms with Crippen LogP contribution in [0.5, 0.6) is 5.75 Å². The van der Waals surface area contributed by atoms with Crippen molar-refractivity contribution >= 4 is 5.91 Å². The van der Waals surface area contributed by atoms with Gasteiger partial charge in [-0.25, -0.2) is 5.43 Å². The lowest BCUT2D eigenvalue weighted by molar-refractivity contribution is -0.123. The third kappa shape index (κ3) is 3.24. The van der Waals surface area contributed by atoms with E-state index in [2.05, 4.69) is 23.8 Å². The molecule has 4 nitrogen and oxygen atoms in total. The van der Waals surface area contributed by atoms with Gasteiger partial charge in [0.15, 0.2) is 6.61 Å². The van der Waals surface area contributed by atoms with Crippen molar-refractivity contribution in [1.29, 1.82) is 0 Å². The lowest BCUT2D eigenvalue weighted by Gasteiger charge is -2.11. The summed E-state index contributed by atoms with van der Waals surface area (Å²) in [5, 5.41) is 0. The van der Waals surface area contributed by atoms with Crippen LogP contribution in [0.3, 0.4) is 0 Å². The Hall–Kier alpha value is -1.55. The highest BCUT2D eigenvalue weighted by Gasteiger charge is 2.05. The van der Waals surface area contributed by atoms with Gasteiger partial charge in [0.2, 0.25) is 0 Å². The summed E-state index contributed by atoms with van der Waals surface area (Å²) in [6.45, 7) is 6.07. The van der Waals surface area contributed by atoms with Crippen molar-refractivity contribution in [3.63, 3.8) is 0 Å².